The van der Waals surface area contributed by atoms with E-state index in [0.29, 0.717) is 43.6 Å². The van der Waals surface area contributed by atoms with Gasteiger partial charge in [0.1, 0.15) is 0 Å². The summed E-state index contributed by atoms with van der Waals surface area (Å²) in [5.74, 6) is -0.254. The molecule has 3 rings (SSSR count). The van der Waals surface area contributed by atoms with Crippen molar-refractivity contribution in [1.82, 2.24) is 10.6 Å². The minimum absolute atomic E-state index is 0.0627. The monoisotopic (exact) mass is 593 g/mol. The maximum absolute atomic E-state index is 12.2. The number of nitrogens with one attached hydrogen (secondary N) is 2. The van der Waals surface area contributed by atoms with E-state index < -0.39 is 23.6 Å². The van der Waals surface area contributed by atoms with E-state index in [1.54, 1.807) is 0 Å². The number of carboxylic acids is 1. The number of allylic oxidation sites excluding steroid dienone is 1. The van der Waals surface area contributed by atoms with Gasteiger partial charge in [-0.1, -0.05) is 57.6 Å². The third-order valence-corrected chi connectivity index (χ3v) is 10.8. The first-order valence-corrected chi connectivity index (χ1v) is 17.3. The van der Waals surface area contributed by atoms with Crippen LogP contribution >= 0.6 is 0 Å². The van der Waals surface area contributed by atoms with Crippen LogP contribution in [0.4, 0.5) is 0 Å². The van der Waals surface area contributed by atoms with Crippen LogP contribution in [0.25, 0.3) is 0 Å². The first-order chi connectivity index (χ1) is 20.1. The minimum atomic E-state index is -0.987. The molecule has 8 N–H and O–H groups in total. The molecule has 0 spiro atoms. The molecule has 0 aromatic carbocycles. The van der Waals surface area contributed by atoms with Crippen LogP contribution in [0, 0.1) is 35.5 Å². The number of rotatable bonds is 19. The lowest BCUT2D eigenvalue weighted by Crippen LogP contribution is -2.45. The van der Waals surface area contributed by atoms with Gasteiger partial charge in [0, 0.05) is 18.4 Å². The number of piperidine rings is 1. The first-order valence-electron chi connectivity index (χ1n) is 17.3. The van der Waals surface area contributed by atoms with E-state index in [4.69, 9.17) is 5.73 Å². The van der Waals surface area contributed by atoms with Gasteiger partial charge < -0.3 is 36.8 Å². The Morgan fingerprint density at radius 2 is 1.88 bits per heavy atom. The third kappa shape index (κ3) is 11.2. The molecule has 10 atom stereocenters. The minimum Gasteiger partial charge on any atom is -0.481 e. The normalized spacial score (nSPS) is 33.9. The van der Waals surface area contributed by atoms with Gasteiger partial charge in [0.25, 0.3) is 0 Å². The molecule has 0 bridgehead atoms. The number of nitrogens with two attached hydrogens (primary N) is 1. The fraction of sp³-hybridized carbons (Fsp3) is 0.912. The summed E-state index contributed by atoms with van der Waals surface area (Å²) < 4.78 is 0. The van der Waals surface area contributed by atoms with Crippen LogP contribution in [-0.4, -0.2) is 70.5 Å². The number of hydrogen-bond donors (Lipinski definition) is 7. The van der Waals surface area contributed by atoms with Crippen LogP contribution in [0.1, 0.15) is 116 Å². The summed E-state index contributed by atoms with van der Waals surface area (Å²) in [6.07, 6.45) is 18.8. The van der Waals surface area contributed by atoms with Gasteiger partial charge in [-0.25, -0.2) is 0 Å². The molecule has 1 saturated heterocycles. The largest absolute Gasteiger partial charge is 0.481 e. The van der Waals surface area contributed by atoms with Crippen molar-refractivity contribution in [1.29, 1.82) is 0 Å². The zero-order chi connectivity index (χ0) is 30.5. The van der Waals surface area contributed by atoms with E-state index in [9.17, 15) is 25.2 Å². The number of aliphatic hydroxyl groups excluding tert-OH is 2. The molecule has 42 heavy (non-hydrogen) atoms. The molecule has 2 aliphatic carbocycles. The predicted octanol–water partition coefficient (Wildman–Crippen LogP) is 4.56. The van der Waals surface area contributed by atoms with Crippen LogP contribution in [0.15, 0.2) is 12.2 Å². The Morgan fingerprint density at radius 3 is 2.57 bits per heavy atom. The highest BCUT2D eigenvalue weighted by Crippen LogP contribution is 2.45. The Balaban J connectivity index is 1.43. The molecular formula is C34H63N3O5. The highest BCUT2D eigenvalue weighted by molar-refractivity contribution is 5.70. The smallest absolute Gasteiger partial charge is 0.309 e. The van der Waals surface area contributed by atoms with Crippen LogP contribution in [0.2, 0.25) is 0 Å². The fourth-order valence-corrected chi connectivity index (χ4v) is 8.20. The number of aliphatic carboxylic acids is 1. The maximum atomic E-state index is 12.2. The van der Waals surface area contributed by atoms with Crippen molar-refractivity contribution in [3.8, 4) is 0 Å². The van der Waals surface area contributed by atoms with Gasteiger partial charge in [-0.3, -0.25) is 4.79 Å². The summed E-state index contributed by atoms with van der Waals surface area (Å²) in [7, 11) is 1.85. The Bertz CT molecular complexity index is 812. The summed E-state index contributed by atoms with van der Waals surface area (Å²) in [4.78, 5) is 12.2. The standard InChI is InChI=1S/C34H63N3O5/c1-3-4-6-9-24-12-13-27(30(38)19-24)10-7-5-8-11-29(33(40)41)31(39)21-28(23-36-2)34(42)16-14-26(22-34)18-25-15-17-37-32(35)20-25/h12-13,24-32,36-39,42H,3-11,14-23,35H2,1-2H3,(H,40,41)/t24-,25?,26+,27+,28-,29-,30+,31+,32?,34+/m0/s1. The Hall–Kier alpha value is -1.03. The molecule has 0 aromatic heterocycles. The van der Waals surface area contributed by atoms with E-state index in [1.165, 1.54) is 19.3 Å². The van der Waals surface area contributed by atoms with E-state index in [0.717, 1.165) is 70.8 Å². The number of carbonyl (C=O) groups is 1. The quantitative estimate of drug-likeness (QED) is 0.0852. The lowest BCUT2D eigenvalue weighted by atomic mass is 9.77. The average Bonchev–Trinajstić information content (AvgIpc) is 3.32. The second-order valence-corrected chi connectivity index (χ2v) is 14.1. The summed E-state index contributed by atoms with van der Waals surface area (Å²) in [5, 5.41) is 49.9. The molecule has 1 saturated carbocycles. The van der Waals surface area contributed by atoms with Crippen molar-refractivity contribution in [3.63, 3.8) is 0 Å². The van der Waals surface area contributed by atoms with Crippen molar-refractivity contribution >= 4 is 5.97 Å². The number of aliphatic hydroxyl groups is 3. The van der Waals surface area contributed by atoms with E-state index in [-0.39, 0.29) is 30.5 Å². The van der Waals surface area contributed by atoms with Gasteiger partial charge in [0.2, 0.25) is 0 Å². The van der Waals surface area contributed by atoms with E-state index in [1.807, 2.05) is 7.05 Å². The topological polar surface area (TPSA) is 148 Å². The Labute approximate surface area is 255 Å². The zero-order valence-electron chi connectivity index (χ0n) is 26.6. The second kappa shape index (κ2) is 18.1. The molecule has 1 heterocycles. The summed E-state index contributed by atoms with van der Waals surface area (Å²) in [6, 6.07) is 0. The Kier molecular flexibility index (Phi) is 15.2. The number of hydrogen-bond acceptors (Lipinski definition) is 7. The molecule has 0 amide bonds. The Morgan fingerprint density at radius 1 is 1.10 bits per heavy atom. The number of unbranched alkanes of at least 4 members (excludes halogenated alkanes) is 4. The van der Waals surface area contributed by atoms with Gasteiger partial charge in [-0.15, -0.1) is 0 Å². The van der Waals surface area contributed by atoms with E-state index >= 15 is 0 Å². The van der Waals surface area contributed by atoms with Gasteiger partial charge in [-0.2, -0.15) is 0 Å². The molecule has 3 aliphatic rings. The van der Waals surface area contributed by atoms with Crippen molar-refractivity contribution < 1.29 is 25.2 Å². The molecule has 8 nitrogen and oxygen atoms in total. The SMILES string of the molecule is CCCCC[C@H]1C=C[C@@H](CCCCC[C@H](C(=O)O)[C@H](O)C[C@@H](CNC)[C@@]2(O)CC[C@H](CC3CCNC(N)C3)C2)[C@H](O)C1. The molecular weight excluding hydrogens is 530 g/mol. The summed E-state index contributed by atoms with van der Waals surface area (Å²) in [5.41, 5.74) is 5.22. The van der Waals surface area contributed by atoms with Crippen LogP contribution in [0.3, 0.4) is 0 Å². The molecule has 244 valence electrons. The van der Waals surface area contributed by atoms with Gasteiger partial charge in [-0.05, 0) is 102 Å². The molecule has 0 aromatic rings. The third-order valence-electron chi connectivity index (χ3n) is 10.8. The lowest BCUT2D eigenvalue weighted by molar-refractivity contribution is -0.147. The van der Waals surface area contributed by atoms with Crippen molar-refractivity contribution in [2.75, 3.05) is 20.1 Å². The maximum Gasteiger partial charge on any atom is 0.309 e. The zero-order valence-corrected chi connectivity index (χ0v) is 26.6. The van der Waals surface area contributed by atoms with Crippen LogP contribution < -0.4 is 16.4 Å². The second-order valence-electron chi connectivity index (χ2n) is 14.1. The van der Waals surface area contributed by atoms with Gasteiger partial charge in [0.15, 0.2) is 0 Å². The van der Waals surface area contributed by atoms with Gasteiger partial charge in [0.05, 0.1) is 29.9 Å². The molecule has 8 heteroatoms. The highest BCUT2D eigenvalue weighted by atomic mass is 16.4. The number of carboxylic acid groups (broad SMARTS) is 1. The lowest BCUT2D eigenvalue weighted by Gasteiger charge is -2.36. The average molecular weight is 594 g/mol. The van der Waals surface area contributed by atoms with Crippen LogP contribution in [-0.2, 0) is 4.79 Å². The van der Waals surface area contributed by atoms with Crippen molar-refractivity contribution in [2.45, 2.75) is 140 Å². The first kappa shape index (κ1) is 35.4. The van der Waals surface area contributed by atoms with Crippen LogP contribution in [0.5, 0.6) is 0 Å². The molecule has 2 fully saturated rings. The fourth-order valence-electron chi connectivity index (χ4n) is 8.20. The molecule has 0 radical (unpaired) electrons. The highest BCUT2D eigenvalue weighted by Gasteiger charge is 2.45. The summed E-state index contributed by atoms with van der Waals surface area (Å²) in [6.45, 7) is 3.72. The molecule has 1 aliphatic heterocycles. The van der Waals surface area contributed by atoms with Crippen molar-refractivity contribution in [3.05, 3.63) is 12.2 Å². The van der Waals surface area contributed by atoms with E-state index in [2.05, 4.69) is 29.7 Å². The van der Waals surface area contributed by atoms with Gasteiger partial charge >= 0.3 is 5.97 Å². The van der Waals surface area contributed by atoms with Crippen molar-refractivity contribution in [2.24, 2.45) is 41.2 Å². The summed E-state index contributed by atoms with van der Waals surface area (Å²) >= 11 is 0. The molecule has 2 unspecified atom stereocenters. The predicted molar refractivity (Wildman–Crippen MR) is 169 cm³/mol.